The summed E-state index contributed by atoms with van der Waals surface area (Å²) < 4.78 is 55.6. The van der Waals surface area contributed by atoms with E-state index in [1.54, 1.807) is 18.3 Å². The van der Waals surface area contributed by atoms with Crippen LogP contribution in [-0.2, 0) is 28.4 Å². The van der Waals surface area contributed by atoms with Gasteiger partial charge in [-0.1, -0.05) is 6.07 Å². The fraction of sp³-hybridized carbons (Fsp3) is 0.125. The van der Waals surface area contributed by atoms with Crippen LogP contribution in [0.4, 0.5) is 14.5 Å². The van der Waals surface area contributed by atoms with E-state index >= 15 is 4.39 Å². The first-order chi connectivity index (χ1) is 16.4. The average molecular weight is 477 g/mol. The van der Waals surface area contributed by atoms with E-state index in [2.05, 4.69) is 24.9 Å². The molecule has 0 fully saturated rings. The van der Waals surface area contributed by atoms with E-state index in [9.17, 15) is 12.8 Å². The number of nitrogens with zero attached hydrogens (tertiary/aromatic N) is 5. The molecule has 0 spiro atoms. The minimum Gasteiger partial charge on any atom is -0.263 e. The third-order valence-electron chi connectivity index (χ3n) is 5.50. The van der Waals surface area contributed by atoms with Crippen LogP contribution in [0.5, 0.6) is 0 Å². The first-order valence-corrected chi connectivity index (χ1v) is 12.0. The number of aromatic nitrogens is 4. The highest BCUT2D eigenvalue weighted by Crippen LogP contribution is 2.35. The molecule has 4 aromatic rings. The van der Waals surface area contributed by atoms with Crippen LogP contribution < -0.4 is 0 Å². The van der Waals surface area contributed by atoms with Crippen LogP contribution in [-0.4, -0.2) is 34.6 Å². The highest BCUT2D eigenvalue weighted by molar-refractivity contribution is 7.90. The molecule has 7 nitrogen and oxygen atoms in total. The SMILES string of the molecule is O=S(=O)(Cc1ccc(F)c(Cc2ncccc2-c2ncnc3c2N=CC3)c1F)c1cccnc1. The summed E-state index contributed by atoms with van der Waals surface area (Å²) >= 11 is 0. The topological polar surface area (TPSA) is 98.1 Å². The van der Waals surface area contributed by atoms with E-state index in [1.807, 2.05) is 0 Å². The Morgan fingerprint density at radius 3 is 2.65 bits per heavy atom. The molecule has 1 aliphatic rings. The molecule has 10 heteroatoms. The van der Waals surface area contributed by atoms with Crippen LogP contribution in [0.2, 0.25) is 0 Å². The quantitative estimate of drug-likeness (QED) is 0.416. The van der Waals surface area contributed by atoms with Crippen molar-refractivity contribution in [3.8, 4) is 11.3 Å². The Bertz CT molecular complexity index is 1530. The first-order valence-electron chi connectivity index (χ1n) is 10.3. The highest BCUT2D eigenvalue weighted by atomic mass is 32.2. The van der Waals surface area contributed by atoms with Gasteiger partial charge in [-0.3, -0.25) is 15.0 Å². The van der Waals surface area contributed by atoms with Crippen molar-refractivity contribution in [3.05, 3.63) is 95.5 Å². The van der Waals surface area contributed by atoms with Gasteiger partial charge < -0.3 is 0 Å². The lowest BCUT2D eigenvalue weighted by Crippen LogP contribution is -2.10. The molecule has 5 rings (SSSR count). The van der Waals surface area contributed by atoms with Gasteiger partial charge >= 0.3 is 0 Å². The second-order valence-corrected chi connectivity index (χ2v) is 9.64. The number of fused-ring (bicyclic) bond motifs is 1. The van der Waals surface area contributed by atoms with Gasteiger partial charge in [-0.05, 0) is 30.3 Å². The lowest BCUT2D eigenvalue weighted by molar-refractivity contribution is 0.550. The van der Waals surface area contributed by atoms with Gasteiger partial charge in [0, 0.05) is 54.3 Å². The van der Waals surface area contributed by atoms with Crippen LogP contribution in [0.3, 0.4) is 0 Å². The predicted octanol–water partition coefficient (Wildman–Crippen LogP) is 4.03. The molecule has 0 saturated heterocycles. The summed E-state index contributed by atoms with van der Waals surface area (Å²) in [4.78, 5) is 21.0. The monoisotopic (exact) mass is 477 g/mol. The fourth-order valence-corrected chi connectivity index (χ4v) is 5.13. The van der Waals surface area contributed by atoms with Gasteiger partial charge in [0.2, 0.25) is 0 Å². The largest absolute Gasteiger partial charge is 0.263 e. The minimum atomic E-state index is -3.87. The van der Waals surface area contributed by atoms with Crippen molar-refractivity contribution in [1.29, 1.82) is 0 Å². The van der Waals surface area contributed by atoms with Gasteiger partial charge in [0.25, 0.3) is 0 Å². The summed E-state index contributed by atoms with van der Waals surface area (Å²) in [5, 5.41) is 0. The zero-order valence-electron chi connectivity index (χ0n) is 17.7. The maximum Gasteiger partial charge on any atom is 0.184 e. The smallest absolute Gasteiger partial charge is 0.184 e. The molecule has 0 bridgehead atoms. The molecule has 0 N–H and O–H groups in total. The Morgan fingerprint density at radius 1 is 0.971 bits per heavy atom. The van der Waals surface area contributed by atoms with Crippen molar-refractivity contribution in [1.82, 2.24) is 19.9 Å². The second kappa shape index (κ2) is 8.79. The molecule has 4 heterocycles. The number of halogens is 2. The van der Waals surface area contributed by atoms with Crippen LogP contribution in [0.15, 0.2) is 71.2 Å². The number of hydrogen-bond acceptors (Lipinski definition) is 7. The van der Waals surface area contributed by atoms with E-state index < -0.39 is 27.2 Å². The summed E-state index contributed by atoms with van der Waals surface area (Å²) in [6.45, 7) is 0. The molecule has 1 aromatic carbocycles. The molecular weight excluding hydrogens is 460 g/mol. The van der Waals surface area contributed by atoms with Crippen LogP contribution >= 0.6 is 0 Å². The van der Waals surface area contributed by atoms with E-state index in [1.165, 1.54) is 37.1 Å². The van der Waals surface area contributed by atoms with Gasteiger partial charge in [-0.15, -0.1) is 0 Å². The zero-order chi connectivity index (χ0) is 23.7. The fourth-order valence-electron chi connectivity index (χ4n) is 3.82. The Hall–Kier alpha value is -3.92. The van der Waals surface area contributed by atoms with Gasteiger partial charge in [0.1, 0.15) is 29.3 Å². The van der Waals surface area contributed by atoms with Crippen molar-refractivity contribution in [2.75, 3.05) is 0 Å². The molecule has 170 valence electrons. The Morgan fingerprint density at radius 2 is 1.82 bits per heavy atom. The summed E-state index contributed by atoms with van der Waals surface area (Å²) in [5.74, 6) is -2.33. The van der Waals surface area contributed by atoms with Crippen molar-refractivity contribution in [2.45, 2.75) is 23.5 Å². The lowest BCUT2D eigenvalue weighted by atomic mass is 9.99. The molecule has 0 atom stereocenters. The molecule has 0 amide bonds. The van der Waals surface area contributed by atoms with Crippen LogP contribution in [0, 0.1) is 11.6 Å². The maximum absolute atomic E-state index is 15.4. The van der Waals surface area contributed by atoms with E-state index in [0.29, 0.717) is 29.1 Å². The molecule has 3 aromatic heterocycles. The number of sulfone groups is 1. The molecule has 1 aliphatic heterocycles. The first kappa shape index (κ1) is 21.9. The van der Waals surface area contributed by atoms with E-state index in [-0.39, 0.29) is 22.4 Å². The van der Waals surface area contributed by atoms with E-state index in [0.717, 1.165) is 17.8 Å². The normalized spacial score (nSPS) is 12.6. The standard InChI is InChI=1S/C24H17F2N5O2S/c25-19-6-5-15(13-34(32,33)16-3-1-8-27-12-16)22(26)18(19)11-21-17(4-2-9-28-21)23-24-20(7-10-29-24)30-14-31-23/h1-6,8-10,12,14H,7,11,13H2. The van der Waals surface area contributed by atoms with Gasteiger partial charge in [-0.25, -0.2) is 27.2 Å². The van der Waals surface area contributed by atoms with Gasteiger partial charge in [-0.2, -0.15) is 0 Å². The minimum absolute atomic E-state index is 0.0366. The summed E-state index contributed by atoms with van der Waals surface area (Å²) in [6.07, 6.45) is 7.69. The number of hydrogen-bond donors (Lipinski definition) is 0. The maximum atomic E-state index is 15.4. The predicted molar refractivity (Wildman–Crippen MR) is 121 cm³/mol. The lowest BCUT2D eigenvalue weighted by Gasteiger charge is -2.13. The van der Waals surface area contributed by atoms with Crippen molar-refractivity contribution >= 4 is 21.7 Å². The third kappa shape index (κ3) is 4.08. The van der Waals surface area contributed by atoms with Crippen LogP contribution in [0.25, 0.3) is 11.3 Å². The van der Waals surface area contributed by atoms with Crippen molar-refractivity contribution in [2.24, 2.45) is 4.99 Å². The zero-order valence-corrected chi connectivity index (χ0v) is 18.5. The van der Waals surface area contributed by atoms with Crippen molar-refractivity contribution in [3.63, 3.8) is 0 Å². The van der Waals surface area contributed by atoms with Gasteiger partial charge in [0.15, 0.2) is 9.84 Å². The number of aliphatic imine (C=N–C) groups is 1. The second-order valence-electron chi connectivity index (χ2n) is 7.65. The molecule has 0 aliphatic carbocycles. The van der Waals surface area contributed by atoms with E-state index in [4.69, 9.17) is 0 Å². The molecule has 0 radical (unpaired) electrons. The Balaban J connectivity index is 1.53. The molecule has 0 unspecified atom stereocenters. The highest BCUT2D eigenvalue weighted by Gasteiger charge is 2.23. The number of rotatable bonds is 6. The third-order valence-corrected chi connectivity index (χ3v) is 7.15. The average Bonchev–Trinajstić information content (AvgIpc) is 3.34. The van der Waals surface area contributed by atoms with Crippen LogP contribution in [0.1, 0.15) is 22.5 Å². The summed E-state index contributed by atoms with van der Waals surface area (Å²) in [5.41, 5.74) is 2.45. The molecular formula is C24H17F2N5O2S. The number of pyridine rings is 2. The Kier molecular flexibility index (Phi) is 5.66. The summed E-state index contributed by atoms with van der Waals surface area (Å²) in [7, 11) is -3.87. The Labute approximate surface area is 194 Å². The van der Waals surface area contributed by atoms with Gasteiger partial charge in [0.05, 0.1) is 22.0 Å². The van der Waals surface area contributed by atoms with Crippen molar-refractivity contribution < 1.29 is 17.2 Å². The molecule has 34 heavy (non-hydrogen) atoms. The molecule has 0 saturated carbocycles. The summed E-state index contributed by atoms with van der Waals surface area (Å²) in [6, 6.07) is 8.54. The number of benzene rings is 1.